The maximum atomic E-state index is 11.4. The maximum Gasteiger partial charge on any atom is 0.509 e. The van der Waals surface area contributed by atoms with Crippen molar-refractivity contribution < 1.29 is 29.3 Å². The van der Waals surface area contributed by atoms with Gasteiger partial charge in [-0.3, -0.25) is 4.79 Å². The van der Waals surface area contributed by atoms with Gasteiger partial charge in [0.25, 0.3) is 0 Å². The molecule has 1 heterocycles. The molecule has 0 bridgehead atoms. The Kier molecular flexibility index (Phi) is 9.51. The number of carboxylic acid groups (broad SMARTS) is 1. The molecule has 0 aliphatic carbocycles. The number of hydrogen-bond donors (Lipinski definition) is 2. The van der Waals surface area contributed by atoms with E-state index in [4.69, 9.17) is 14.6 Å². The van der Waals surface area contributed by atoms with E-state index < -0.39 is 38.5 Å². The highest BCUT2D eigenvalue weighted by Crippen LogP contribution is 2.23. The molecule has 2 N–H and O–H groups in total. The van der Waals surface area contributed by atoms with E-state index in [1.54, 1.807) is 0 Å². The summed E-state index contributed by atoms with van der Waals surface area (Å²) >= 11 is 0. The zero-order chi connectivity index (χ0) is 20.3. The van der Waals surface area contributed by atoms with Crippen LogP contribution in [0.3, 0.4) is 0 Å². The minimum Gasteiger partial charge on any atom is -0.481 e. The topological polar surface area (TPSA) is 93.1 Å². The largest absolute Gasteiger partial charge is 0.509 e. The number of ether oxygens (including phenoxy) is 2. The summed E-state index contributed by atoms with van der Waals surface area (Å²) in [5, 5.41) is 18.7. The van der Waals surface area contributed by atoms with E-state index in [1.807, 2.05) is 0 Å². The molecule has 1 rings (SSSR count). The number of unbranched alkanes of at least 4 members (excludes halogenated alkanes) is 3. The Morgan fingerprint density at radius 3 is 2.41 bits per heavy atom. The van der Waals surface area contributed by atoms with Crippen molar-refractivity contribution in [1.29, 1.82) is 0 Å². The molecule has 7 heteroatoms. The molecule has 27 heavy (non-hydrogen) atoms. The molecule has 1 saturated heterocycles. The van der Waals surface area contributed by atoms with Crippen LogP contribution >= 0.6 is 0 Å². The number of cyclic esters (lactones) is 2. The van der Waals surface area contributed by atoms with Crippen LogP contribution in [0.25, 0.3) is 0 Å². The molecule has 0 aromatic carbocycles. The SMILES string of the molecule is C[Si](C)(C)C#CC#CC#C[C@@H](O)[C@@H]1OC(=O)O[C@H]1CCCCCCC(=O)O. The van der Waals surface area contributed by atoms with Gasteiger partial charge < -0.3 is 19.7 Å². The Hall–Kier alpha value is -2.40. The fourth-order valence-corrected chi connectivity index (χ4v) is 2.78. The van der Waals surface area contributed by atoms with Gasteiger partial charge in [0.1, 0.15) is 14.2 Å². The molecule has 0 saturated carbocycles. The molecule has 0 amide bonds. The monoisotopic (exact) mass is 390 g/mol. The number of hydrogen-bond acceptors (Lipinski definition) is 5. The molecule has 0 aromatic rings. The van der Waals surface area contributed by atoms with Crippen LogP contribution in [0.15, 0.2) is 0 Å². The van der Waals surface area contributed by atoms with Crippen LogP contribution < -0.4 is 0 Å². The van der Waals surface area contributed by atoms with Gasteiger partial charge in [0, 0.05) is 6.42 Å². The summed E-state index contributed by atoms with van der Waals surface area (Å²) in [7, 11) is -1.47. The molecule has 146 valence electrons. The van der Waals surface area contributed by atoms with Crippen molar-refractivity contribution in [3.63, 3.8) is 0 Å². The Morgan fingerprint density at radius 1 is 1.07 bits per heavy atom. The summed E-state index contributed by atoms with van der Waals surface area (Å²) in [6.45, 7) is 6.33. The van der Waals surface area contributed by atoms with Crippen LogP contribution in [0.1, 0.15) is 38.5 Å². The van der Waals surface area contributed by atoms with Crippen molar-refractivity contribution in [3.8, 4) is 35.1 Å². The van der Waals surface area contributed by atoms with E-state index in [2.05, 4.69) is 54.8 Å². The van der Waals surface area contributed by atoms with Crippen LogP contribution in [0.5, 0.6) is 0 Å². The average Bonchev–Trinajstić information content (AvgIpc) is 2.93. The summed E-state index contributed by atoms with van der Waals surface area (Å²) in [6.07, 6.45) is 0.219. The highest BCUT2D eigenvalue weighted by atomic mass is 28.3. The first-order chi connectivity index (χ1) is 12.7. The van der Waals surface area contributed by atoms with Crippen LogP contribution in [0, 0.1) is 35.1 Å². The van der Waals surface area contributed by atoms with Crippen molar-refractivity contribution in [2.75, 3.05) is 0 Å². The Balaban J connectivity index is 2.47. The van der Waals surface area contributed by atoms with Gasteiger partial charge in [-0.05, 0) is 42.9 Å². The first-order valence-electron chi connectivity index (χ1n) is 8.99. The van der Waals surface area contributed by atoms with Crippen LogP contribution in [-0.2, 0) is 14.3 Å². The molecular weight excluding hydrogens is 364 g/mol. The van der Waals surface area contributed by atoms with E-state index in [9.17, 15) is 14.7 Å². The Bertz CT molecular complexity index is 704. The van der Waals surface area contributed by atoms with Gasteiger partial charge in [0.2, 0.25) is 0 Å². The predicted molar refractivity (Wildman–Crippen MR) is 103 cm³/mol. The fraction of sp³-hybridized carbons (Fsp3) is 0.600. The lowest BCUT2D eigenvalue weighted by atomic mass is 10.0. The molecular formula is C20H26O6Si. The van der Waals surface area contributed by atoms with Crippen molar-refractivity contribution >= 4 is 20.2 Å². The number of aliphatic hydroxyl groups excluding tert-OH is 1. The molecule has 1 aliphatic heterocycles. The highest BCUT2D eigenvalue weighted by Gasteiger charge is 2.40. The van der Waals surface area contributed by atoms with Gasteiger partial charge in [-0.1, -0.05) is 38.4 Å². The third kappa shape index (κ3) is 10.4. The Labute approximate surface area is 161 Å². The van der Waals surface area contributed by atoms with Crippen molar-refractivity contribution in [1.82, 2.24) is 0 Å². The molecule has 1 fully saturated rings. The van der Waals surface area contributed by atoms with Gasteiger partial charge in [0.05, 0.1) is 0 Å². The van der Waals surface area contributed by atoms with E-state index in [0.717, 1.165) is 19.3 Å². The first kappa shape index (κ1) is 22.6. The van der Waals surface area contributed by atoms with Gasteiger partial charge in [0.15, 0.2) is 12.2 Å². The zero-order valence-corrected chi connectivity index (χ0v) is 17.0. The lowest BCUT2D eigenvalue weighted by Crippen LogP contribution is -2.34. The Morgan fingerprint density at radius 2 is 1.74 bits per heavy atom. The zero-order valence-electron chi connectivity index (χ0n) is 16.0. The summed E-state index contributed by atoms with van der Waals surface area (Å²) in [6, 6.07) is 0. The van der Waals surface area contributed by atoms with E-state index in [-0.39, 0.29) is 6.42 Å². The second kappa shape index (κ2) is 11.3. The lowest BCUT2D eigenvalue weighted by molar-refractivity contribution is -0.137. The van der Waals surface area contributed by atoms with E-state index in [0.29, 0.717) is 12.8 Å². The third-order valence-electron chi connectivity index (χ3n) is 3.63. The van der Waals surface area contributed by atoms with Crippen molar-refractivity contribution in [3.05, 3.63) is 0 Å². The van der Waals surface area contributed by atoms with Gasteiger partial charge in [-0.25, -0.2) is 4.79 Å². The molecule has 0 unspecified atom stereocenters. The number of rotatable bonds is 8. The van der Waals surface area contributed by atoms with Crippen LogP contribution in [0.4, 0.5) is 4.79 Å². The van der Waals surface area contributed by atoms with Gasteiger partial charge in [-0.15, -0.1) is 5.54 Å². The quantitative estimate of drug-likeness (QED) is 0.286. The number of aliphatic carboxylic acids is 1. The smallest absolute Gasteiger partial charge is 0.481 e. The predicted octanol–water partition coefficient (Wildman–Crippen LogP) is 2.56. The number of carbonyl (C=O) groups excluding carboxylic acids is 1. The third-order valence-corrected chi connectivity index (χ3v) is 4.51. The number of aliphatic hydroxyl groups is 1. The standard InChI is InChI=1S/C20H26O6Si/c1-27(2,3)15-11-7-6-8-12-16(21)19-17(25-20(24)26-19)13-9-4-5-10-14-18(22)23/h16-17,19,21H,4-5,9-10,13-14H2,1-3H3,(H,22,23)/t16-,17+,19+/m1/s1. The summed E-state index contributed by atoms with van der Waals surface area (Å²) in [5.74, 6) is 12.2. The van der Waals surface area contributed by atoms with E-state index >= 15 is 0 Å². The highest BCUT2D eigenvalue weighted by molar-refractivity contribution is 6.83. The summed E-state index contributed by atoms with van der Waals surface area (Å²) in [5.41, 5.74) is 3.08. The second-order valence-electron chi connectivity index (χ2n) is 7.30. The molecule has 1 aliphatic rings. The molecule has 0 spiro atoms. The fourth-order valence-electron chi connectivity index (χ4n) is 2.35. The minimum atomic E-state index is -1.47. The number of carboxylic acids is 1. The first-order valence-corrected chi connectivity index (χ1v) is 12.5. The van der Waals surface area contributed by atoms with Crippen molar-refractivity contribution in [2.24, 2.45) is 0 Å². The summed E-state index contributed by atoms with van der Waals surface area (Å²) in [4.78, 5) is 21.8. The van der Waals surface area contributed by atoms with E-state index in [1.165, 1.54) is 0 Å². The normalized spacial score (nSPS) is 19.2. The molecule has 0 radical (unpaired) electrons. The van der Waals surface area contributed by atoms with Crippen LogP contribution in [0.2, 0.25) is 19.6 Å². The molecule has 6 nitrogen and oxygen atoms in total. The lowest BCUT2D eigenvalue weighted by Gasteiger charge is -2.16. The van der Waals surface area contributed by atoms with Gasteiger partial charge >= 0.3 is 12.1 Å². The maximum absolute atomic E-state index is 11.4. The average molecular weight is 391 g/mol. The minimum absolute atomic E-state index is 0.155. The second-order valence-corrected chi connectivity index (χ2v) is 12.0. The van der Waals surface area contributed by atoms with Crippen LogP contribution in [-0.4, -0.2) is 48.7 Å². The van der Waals surface area contributed by atoms with Gasteiger partial charge in [-0.2, -0.15) is 0 Å². The van der Waals surface area contributed by atoms with Crippen molar-refractivity contribution in [2.45, 2.75) is 76.5 Å². The summed E-state index contributed by atoms with van der Waals surface area (Å²) < 4.78 is 10.1. The molecule has 3 atom stereocenters. The number of carbonyl (C=O) groups is 2. The molecule has 0 aromatic heterocycles.